The third-order valence-corrected chi connectivity index (χ3v) is 8.21. The number of aromatic nitrogens is 1. The van der Waals surface area contributed by atoms with Gasteiger partial charge in [-0.2, -0.15) is 0 Å². The van der Waals surface area contributed by atoms with Crippen molar-refractivity contribution in [1.29, 1.82) is 0 Å². The number of ether oxygens (including phenoxy) is 1. The first-order chi connectivity index (χ1) is 17.5. The number of amides is 1. The maximum absolute atomic E-state index is 13.6. The molecule has 36 heavy (non-hydrogen) atoms. The summed E-state index contributed by atoms with van der Waals surface area (Å²) in [6, 6.07) is 14.8. The topological polar surface area (TPSA) is 74.4 Å². The van der Waals surface area contributed by atoms with Crippen LogP contribution in [0.25, 0.3) is 0 Å². The monoisotopic (exact) mass is 525 g/mol. The average Bonchev–Trinajstić information content (AvgIpc) is 3.24. The second-order valence-electron chi connectivity index (χ2n) is 8.82. The minimum absolute atomic E-state index is 0.148. The van der Waals surface area contributed by atoms with Crippen molar-refractivity contribution in [2.24, 2.45) is 0 Å². The molecule has 0 bridgehead atoms. The molecule has 2 N–H and O–H groups in total. The van der Waals surface area contributed by atoms with Crippen molar-refractivity contribution in [3.63, 3.8) is 0 Å². The first kappa shape index (κ1) is 26.0. The molecule has 0 spiro atoms. The predicted molar refractivity (Wildman–Crippen MR) is 146 cm³/mol. The van der Waals surface area contributed by atoms with Gasteiger partial charge in [0, 0.05) is 23.5 Å². The van der Waals surface area contributed by atoms with E-state index in [1.807, 2.05) is 41.7 Å². The number of carbonyl (C=O) groups excluding carboxylic acids is 1. The Morgan fingerprint density at radius 1 is 1.25 bits per heavy atom. The summed E-state index contributed by atoms with van der Waals surface area (Å²) in [5.41, 5.74) is 5.65. The molecule has 1 aliphatic heterocycles. The number of alkyl carbamates (subject to hydrolysis) is 1. The number of nitrogens with zero attached hydrogens (tertiary/aromatic N) is 1. The Bertz CT molecular complexity index is 1240. The largest absolute Gasteiger partial charge is 0.447 e. The molecule has 0 fully saturated rings. The molecule has 2 atom stereocenters. The van der Waals surface area contributed by atoms with Gasteiger partial charge in [0.2, 0.25) is 0 Å². The van der Waals surface area contributed by atoms with Crippen LogP contribution in [0.5, 0.6) is 0 Å². The first-order valence-corrected chi connectivity index (χ1v) is 13.7. The highest BCUT2D eigenvalue weighted by Gasteiger charge is 2.32. The molecule has 1 amide bonds. The van der Waals surface area contributed by atoms with Crippen molar-refractivity contribution < 1.29 is 13.7 Å². The van der Waals surface area contributed by atoms with Crippen molar-refractivity contribution in [2.45, 2.75) is 50.5 Å². The fourth-order valence-electron chi connectivity index (χ4n) is 4.49. The third kappa shape index (κ3) is 6.20. The van der Waals surface area contributed by atoms with Gasteiger partial charge in [0.25, 0.3) is 0 Å². The summed E-state index contributed by atoms with van der Waals surface area (Å²) in [4.78, 5) is 16.4. The molecule has 2 aromatic carbocycles. The van der Waals surface area contributed by atoms with Crippen LogP contribution in [-0.2, 0) is 35.0 Å². The maximum atomic E-state index is 13.6. The normalized spacial score (nSPS) is 16.1. The number of anilines is 1. The lowest BCUT2D eigenvalue weighted by atomic mass is 9.98. The molecule has 0 saturated heterocycles. The zero-order valence-corrected chi connectivity index (χ0v) is 22.2. The number of nitrogens with one attached hydrogen (secondary N) is 2. The fourth-order valence-corrected chi connectivity index (χ4v) is 6.00. The molecule has 0 aliphatic carbocycles. The van der Waals surface area contributed by atoms with Crippen LogP contribution < -0.4 is 9.62 Å². The number of aromatic amines is 1. The molecular weight excluding hydrogens is 494 g/mol. The Hall–Kier alpha value is -3.03. The van der Waals surface area contributed by atoms with Gasteiger partial charge in [0.15, 0.2) is 11.0 Å². The molecule has 0 radical (unpaired) electrons. The lowest BCUT2D eigenvalue weighted by molar-refractivity contribution is 0.138. The molecule has 2 unspecified atom stereocenters. The second kappa shape index (κ2) is 12.3. The number of carbonyl (C=O) groups is 1. The minimum atomic E-state index is -1.46. The van der Waals surface area contributed by atoms with E-state index < -0.39 is 17.1 Å². The number of fused-ring (bicyclic) bond motifs is 1. The summed E-state index contributed by atoms with van der Waals surface area (Å²) in [5.74, 6) is 0. The van der Waals surface area contributed by atoms with Crippen molar-refractivity contribution in [1.82, 2.24) is 10.3 Å². The van der Waals surface area contributed by atoms with Gasteiger partial charge in [0.1, 0.15) is 6.61 Å². The standard InChI is InChI=1S/C28H32ClN3O3S/c1-3-4-8-26-20(2)31-18-22(26)16-17-30-28(33)35-19-24-13-10-21-7-5-6-9-27(21)32(24)36(34)25-14-11-23(29)12-15-25/h3-7,9,11-12,14-15,18,24,31H,8,10,13,16-17,19H2,1-2H3,(H,30,33)/b4-3-. The highest BCUT2D eigenvalue weighted by molar-refractivity contribution is 7.86. The second-order valence-corrected chi connectivity index (χ2v) is 10.6. The quantitative estimate of drug-likeness (QED) is 0.341. The van der Waals surface area contributed by atoms with E-state index in [1.54, 1.807) is 24.3 Å². The van der Waals surface area contributed by atoms with Gasteiger partial charge in [0.05, 0.1) is 16.6 Å². The summed E-state index contributed by atoms with van der Waals surface area (Å²) in [5, 5.41) is 3.46. The Kier molecular flexibility index (Phi) is 8.88. The third-order valence-electron chi connectivity index (χ3n) is 6.43. The van der Waals surface area contributed by atoms with Crippen LogP contribution in [0.1, 0.15) is 35.7 Å². The molecule has 8 heteroatoms. The van der Waals surface area contributed by atoms with Crippen LogP contribution in [-0.4, -0.2) is 34.5 Å². The van der Waals surface area contributed by atoms with Crippen molar-refractivity contribution in [3.05, 3.63) is 94.3 Å². The van der Waals surface area contributed by atoms with Gasteiger partial charge in [-0.15, -0.1) is 0 Å². The van der Waals surface area contributed by atoms with E-state index in [-0.39, 0.29) is 12.6 Å². The fraction of sp³-hybridized carbons (Fsp3) is 0.321. The highest BCUT2D eigenvalue weighted by atomic mass is 35.5. The SMILES string of the molecule is C/C=C\Cc1c(CCNC(=O)OCC2CCc3ccccc3N2S(=O)c2ccc(Cl)cc2)c[nH]c1C. The van der Waals surface area contributed by atoms with E-state index in [0.717, 1.165) is 42.6 Å². The van der Waals surface area contributed by atoms with Crippen LogP contribution in [0.2, 0.25) is 5.02 Å². The van der Waals surface area contributed by atoms with E-state index in [4.69, 9.17) is 16.3 Å². The van der Waals surface area contributed by atoms with E-state index in [0.29, 0.717) is 16.5 Å². The van der Waals surface area contributed by atoms with E-state index >= 15 is 0 Å². The van der Waals surface area contributed by atoms with Crippen molar-refractivity contribution in [3.8, 4) is 0 Å². The molecule has 1 aliphatic rings. The van der Waals surface area contributed by atoms with Gasteiger partial charge in [-0.1, -0.05) is 42.0 Å². The van der Waals surface area contributed by atoms with E-state index in [9.17, 15) is 9.00 Å². The molecule has 4 rings (SSSR count). The maximum Gasteiger partial charge on any atom is 0.407 e. The van der Waals surface area contributed by atoms with Gasteiger partial charge in [-0.05, 0) is 86.6 Å². The minimum Gasteiger partial charge on any atom is -0.447 e. The van der Waals surface area contributed by atoms with Crippen molar-refractivity contribution >= 4 is 34.4 Å². The first-order valence-electron chi connectivity index (χ1n) is 12.2. The molecular formula is C28H32ClN3O3S. The number of allylic oxidation sites excluding steroid dienone is 2. The molecule has 190 valence electrons. The van der Waals surface area contributed by atoms with E-state index in [1.165, 1.54) is 11.1 Å². The summed E-state index contributed by atoms with van der Waals surface area (Å²) in [6.45, 7) is 4.70. The van der Waals surface area contributed by atoms with Crippen LogP contribution >= 0.6 is 11.6 Å². The Balaban J connectivity index is 1.38. The number of hydrogen-bond donors (Lipinski definition) is 2. The highest BCUT2D eigenvalue weighted by Crippen LogP contribution is 2.34. The predicted octanol–water partition coefficient (Wildman–Crippen LogP) is 5.91. The van der Waals surface area contributed by atoms with Crippen LogP contribution in [0, 0.1) is 6.92 Å². The van der Waals surface area contributed by atoms with Gasteiger partial charge in [-0.25, -0.2) is 9.00 Å². The zero-order valence-electron chi connectivity index (χ0n) is 20.6. The smallest absolute Gasteiger partial charge is 0.407 e. The number of benzene rings is 2. The molecule has 2 heterocycles. The number of rotatable bonds is 9. The number of halogens is 1. The van der Waals surface area contributed by atoms with Crippen molar-refractivity contribution in [2.75, 3.05) is 17.5 Å². The Morgan fingerprint density at radius 2 is 2.03 bits per heavy atom. The van der Waals surface area contributed by atoms with Crippen LogP contribution in [0.3, 0.4) is 0 Å². The summed E-state index contributed by atoms with van der Waals surface area (Å²) in [7, 11) is -1.46. The van der Waals surface area contributed by atoms with Gasteiger partial charge < -0.3 is 15.0 Å². The van der Waals surface area contributed by atoms with Gasteiger partial charge in [-0.3, -0.25) is 4.31 Å². The summed E-state index contributed by atoms with van der Waals surface area (Å²) in [6.07, 6.45) is 8.87. The lowest BCUT2D eigenvalue weighted by Gasteiger charge is -2.37. The average molecular weight is 526 g/mol. The lowest BCUT2D eigenvalue weighted by Crippen LogP contribution is -2.44. The Morgan fingerprint density at radius 3 is 2.81 bits per heavy atom. The van der Waals surface area contributed by atoms with Crippen LogP contribution in [0.15, 0.2) is 71.8 Å². The number of H-pyrrole nitrogens is 1. The van der Waals surface area contributed by atoms with Gasteiger partial charge >= 0.3 is 6.09 Å². The Labute approximate surface area is 220 Å². The summed E-state index contributed by atoms with van der Waals surface area (Å²) >= 11 is 6.03. The molecule has 0 saturated carbocycles. The van der Waals surface area contributed by atoms with Crippen LogP contribution in [0.4, 0.5) is 10.5 Å². The number of hydrogen-bond acceptors (Lipinski definition) is 3. The summed E-state index contributed by atoms with van der Waals surface area (Å²) < 4.78 is 21.1. The molecule has 1 aromatic heterocycles. The molecule has 3 aromatic rings. The zero-order chi connectivity index (χ0) is 25.5. The van der Waals surface area contributed by atoms with E-state index in [2.05, 4.69) is 29.4 Å². The number of aryl methyl sites for hydroxylation is 2. The molecule has 6 nitrogen and oxygen atoms in total. The number of para-hydroxylation sites is 1.